The number of fused-ring (bicyclic) bond motifs is 22. The van der Waals surface area contributed by atoms with Crippen LogP contribution in [0.15, 0.2) is 133 Å². The van der Waals surface area contributed by atoms with Crippen molar-refractivity contribution in [3.63, 3.8) is 0 Å². The number of hydrogen-bond acceptors (Lipinski definition) is 34. The van der Waals surface area contributed by atoms with Crippen LogP contribution in [0.4, 0.5) is 0 Å². The van der Waals surface area contributed by atoms with E-state index in [0.717, 1.165) is 33.4 Å². The van der Waals surface area contributed by atoms with E-state index in [1.54, 1.807) is 159 Å². The van der Waals surface area contributed by atoms with Gasteiger partial charge in [0.2, 0.25) is 0 Å². The number of hydrogen-bond donors (Lipinski definition) is 2. The number of carbonyl (C=O) groups excluding carboxylic acids is 9. The molecule has 39 heteroatoms. The molecule has 0 saturated heterocycles. The van der Waals surface area contributed by atoms with Gasteiger partial charge in [0, 0.05) is 83.0 Å². The fourth-order valence-corrected chi connectivity index (χ4v) is 13.5. The van der Waals surface area contributed by atoms with Crippen LogP contribution in [-0.4, -0.2) is 167 Å². The number of aromatic nitrogens is 10. The van der Waals surface area contributed by atoms with Crippen molar-refractivity contribution in [3.8, 4) is 51.6 Å². The first-order valence-electron chi connectivity index (χ1n) is 39.9. The topological polar surface area (TPSA) is 443 Å². The van der Waals surface area contributed by atoms with E-state index in [2.05, 4.69) is 52.4 Å². The smallest absolute Gasteiger partial charge is 1.00 e. The number of ether oxygens (including phenoxy) is 8. The molecule has 0 atom stereocenters. The van der Waals surface area contributed by atoms with Gasteiger partial charge in [0.05, 0.1) is 217 Å². The zero-order chi connectivity index (χ0) is 89.9. The first-order valence-corrected chi connectivity index (χ1v) is 42.1. The molecular weight excluding hydrogens is 1780 g/mol. The largest absolute Gasteiger partial charge is 1.00 e. The van der Waals surface area contributed by atoms with Crippen LogP contribution in [0.3, 0.4) is 0 Å². The van der Waals surface area contributed by atoms with Crippen LogP contribution in [0, 0.1) is 11.3 Å². The van der Waals surface area contributed by atoms with Crippen LogP contribution in [-0.2, 0) is 124 Å². The number of halogens is 2. The SMILES string of the molecule is BrCc1cccc(CBr)n1.CC#N.CCOC(=O)c1cc2nc(c1)-c1cc(C(=O)OCC)cc(n1)CN1Cc3cccc(n3)CN(C2)Cc2cc(C(=O)OCC)cc(n2)-c2cc(C(=O)OCC)cc(n2)C1.CCOC(=O)c1cc2nc(c1)-c1cc(C(=O)OCC)cc(n1)CNCc1cc(C(=O)OCC)cc(n1)-c1cc(C(=O)OCC)cc(n1)CNC2.O=CO[O-].[H-].[Li+].[Li+].[Na+]. The van der Waals surface area contributed by atoms with E-state index in [1.807, 2.05) is 46.2 Å². The van der Waals surface area contributed by atoms with Crippen molar-refractivity contribution in [1.29, 1.82) is 5.26 Å². The Balaban J connectivity index is 0.000000379. The van der Waals surface area contributed by atoms with Crippen LogP contribution in [0.2, 0.25) is 0 Å². The summed E-state index contributed by atoms with van der Waals surface area (Å²) in [5.41, 5.74) is 12.6. The van der Waals surface area contributed by atoms with Crippen molar-refractivity contribution in [3.05, 3.63) is 246 Å². The average Bonchev–Trinajstić information content (AvgIpc) is 1.04. The van der Waals surface area contributed by atoms with E-state index in [-0.39, 0.29) is 225 Å². The second-order valence-corrected chi connectivity index (χ2v) is 28.2. The molecule has 20 bridgehead atoms. The Kier molecular flexibility index (Phi) is 45.1. The molecule has 10 aromatic heterocycles. The Morgan fingerprint density at radius 1 is 0.352 bits per heavy atom. The van der Waals surface area contributed by atoms with Crippen molar-refractivity contribution in [1.82, 2.24) is 70.3 Å². The summed E-state index contributed by atoms with van der Waals surface area (Å²) in [5, 5.41) is 24.0. The van der Waals surface area contributed by atoms with Gasteiger partial charge in [-0.3, -0.25) is 24.6 Å². The summed E-state index contributed by atoms with van der Waals surface area (Å²) in [6, 6.07) is 39.4. The quantitative estimate of drug-likeness (QED) is 0.0223. The van der Waals surface area contributed by atoms with Gasteiger partial charge < -0.3 is 60.1 Å². The van der Waals surface area contributed by atoms with Gasteiger partial charge in [0.1, 0.15) is 0 Å². The minimum Gasteiger partial charge on any atom is -1.00 e. The molecule has 0 radical (unpaired) electrons. The molecule has 654 valence electrons. The number of pyridine rings is 10. The minimum atomic E-state index is -0.536. The summed E-state index contributed by atoms with van der Waals surface area (Å²) < 4.78 is 42.8. The summed E-state index contributed by atoms with van der Waals surface area (Å²) in [7, 11) is 0. The van der Waals surface area contributed by atoms with Crippen LogP contribution < -0.4 is 83.2 Å². The van der Waals surface area contributed by atoms with E-state index in [9.17, 15) is 38.4 Å². The first kappa shape index (κ1) is 106. The molecule has 0 saturated carbocycles. The third-order valence-corrected chi connectivity index (χ3v) is 18.9. The van der Waals surface area contributed by atoms with Crippen LogP contribution in [0.1, 0.15) is 215 Å². The molecule has 0 aliphatic carbocycles. The van der Waals surface area contributed by atoms with Gasteiger partial charge in [-0.05, 0) is 177 Å². The summed E-state index contributed by atoms with van der Waals surface area (Å²) in [5.74, 6) is -4.29. The van der Waals surface area contributed by atoms with Gasteiger partial charge in [-0.25, -0.2) is 78.2 Å². The van der Waals surface area contributed by atoms with Crippen molar-refractivity contribution in [2.24, 2.45) is 0 Å². The number of carbonyl (C=O) groups is 9. The predicted molar refractivity (Wildman–Crippen MR) is 458 cm³/mol. The van der Waals surface area contributed by atoms with Crippen molar-refractivity contribution in [2.45, 2.75) is 138 Å². The average molecular weight is 1870 g/mol. The molecule has 0 amide bonds. The van der Waals surface area contributed by atoms with E-state index in [1.165, 1.54) is 6.92 Å². The van der Waals surface area contributed by atoms with Gasteiger partial charge in [-0.2, -0.15) is 5.26 Å². The number of nitrogens with one attached hydrogen (secondary N) is 2. The maximum atomic E-state index is 13.3. The van der Waals surface area contributed by atoms with Gasteiger partial charge in [-0.15, -0.1) is 0 Å². The second-order valence-electron chi connectivity index (χ2n) is 27.0. The standard InChI is InChI=1S/C43H43N7O8.C36H38N6O8.C7H7Br2N.C2H3N.CH2O3.2Li.Na.H/c1-5-55-40(51)26-12-32-22-49-20-30-10-9-11-31(44-30)21-50(24-33-13-27(41(52)56-6-2)17-37(46-33)36(16-26)45-32)25-35-15-29(43(54)58-8-4)19-39(48-35)38-18-28(42(53)57-7-3)14-34(23-49)47-38;1-5-47-33(43)21-9-25-17-37-18-27-11-23(35(45)49-7-3)15-31(41-27)32-16-24(36(46)50-8-4)12-28(42-32)20-38-19-26-10-22(34(44)48-6-2)14-30(40-26)29(13-21)39-25;8-4-6-2-1-3-7(5-9)10-6;1-2-3;2-1-4-3;;;;/h9-19H,5-8,20-25H2,1-4H3;9-16,37-38H,5-8,17-20H2,1-4H3;1-3H,4-5H2;1H3;1,3H;;;;/q;;;;;3*+1;-1/p-1. The fraction of sp³-hybridized carbons (Fsp3) is 0.326. The molecule has 10 aromatic rings. The zero-order valence-electron chi connectivity index (χ0n) is 74.2. The number of alkyl halides is 2. The summed E-state index contributed by atoms with van der Waals surface area (Å²) in [6.07, 6.45) is 0. The van der Waals surface area contributed by atoms with Crippen LogP contribution in [0.5, 0.6) is 0 Å². The fourth-order valence-electron chi connectivity index (χ4n) is 12.8. The summed E-state index contributed by atoms with van der Waals surface area (Å²) in [4.78, 5) is 169. The molecule has 13 heterocycles. The molecule has 2 N–H and O–H groups in total. The minimum absolute atomic E-state index is 0. The molecule has 0 aromatic carbocycles. The molecule has 0 unspecified atom stereocenters. The monoisotopic (exact) mass is 1870 g/mol. The summed E-state index contributed by atoms with van der Waals surface area (Å²) >= 11 is 6.69. The third-order valence-electron chi connectivity index (χ3n) is 17.7. The van der Waals surface area contributed by atoms with E-state index in [4.69, 9.17) is 98.1 Å². The molecule has 0 spiro atoms. The van der Waals surface area contributed by atoms with Crippen LogP contribution >= 0.6 is 31.9 Å². The van der Waals surface area contributed by atoms with Gasteiger partial charge in [0.15, 0.2) is 0 Å². The number of esters is 8. The van der Waals surface area contributed by atoms with E-state index in [0.29, 0.717) is 104 Å². The molecule has 34 nitrogen and oxygen atoms in total. The second kappa shape index (κ2) is 54.5. The Labute approximate surface area is 804 Å². The summed E-state index contributed by atoms with van der Waals surface area (Å²) in [6.45, 7) is 18.7. The maximum Gasteiger partial charge on any atom is 1.00 e. The molecular formula is C89H93Br2Li2N15NaO19+. The first-order chi connectivity index (χ1) is 60.5. The third kappa shape index (κ3) is 31.5. The molecule has 0 fully saturated rings. The van der Waals surface area contributed by atoms with Gasteiger partial charge in [0.25, 0.3) is 6.47 Å². The Bertz CT molecular complexity index is 5010. The molecule has 128 heavy (non-hydrogen) atoms. The zero-order valence-corrected chi connectivity index (χ0v) is 78.4. The van der Waals surface area contributed by atoms with E-state index >= 15 is 0 Å². The predicted octanol–water partition coefficient (Wildman–Crippen LogP) is 2.89. The Morgan fingerprint density at radius 2 is 0.531 bits per heavy atom. The molecule has 3 aliphatic heterocycles. The number of nitriles is 1. The van der Waals surface area contributed by atoms with E-state index < -0.39 is 47.8 Å². The van der Waals surface area contributed by atoms with Gasteiger partial charge >= 0.3 is 115 Å². The van der Waals surface area contributed by atoms with Crippen molar-refractivity contribution >= 4 is 86.1 Å². The number of nitrogens with zero attached hydrogens (tertiary/aromatic N) is 13. The van der Waals surface area contributed by atoms with Crippen molar-refractivity contribution in [2.75, 3.05) is 52.9 Å². The number of rotatable bonds is 19. The normalized spacial score (nSPS) is 13.0. The van der Waals surface area contributed by atoms with Crippen molar-refractivity contribution < 1.29 is 160 Å². The maximum absolute atomic E-state index is 13.3. The van der Waals surface area contributed by atoms with Crippen LogP contribution in [0.25, 0.3) is 45.6 Å². The Hall–Kier alpha value is -10.8. The van der Waals surface area contributed by atoms with Gasteiger partial charge in [-0.1, -0.05) is 44.0 Å². The molecule has 3 aliphatic rings. The molecule has 13 rings (SSSR count). The Morgan fingerprint density at radius 3 is 0.719 bits per heavy atom.